The van der Waals surface area contributed by atoms with Gasteiger partial charge >= 0.3 is 0 Å². The molecule has 2 aromatic rings. The van der Waals surface area contributed by atoms with Crippen molar-refractivity contribution in [3.05, 3.63) is 36.3 Å². The lowest BCUT2D eigenvalue weighted by atomic mass is 10.2. The molecule has 0 amide bonds. The third kappa shape index (κ3) is 2.59. The maximum absolute atomic E-state index is 4.19. The molecule has 0 unspecified atom stereocenters. The average molecular weight is 190 g/mol. The van der Waals surface area contributed by atoms with Crippen molar-refractivity contribution in [2.45, 2.75) is 33.6 Å². The van der Waals surface area contributed by atoms with Gasteiger partial charge in [0.05, 0.1) is 0 Å². The van der Waals surface area contributed by atoms with Gasteiger partial charge in [-0.1, -0.05) is 27.2 Å². The second-order valence-corrected chi connectivity index (χ2v) is 3.29. The van der Waals surface area contributed by atoms with Crippen LogP contribution in [0.15, 0.2) is 30.7 Å². The van der Waals surface area contributed by atoms with Crippen molar-refractivity contribution in [2.24, 2.45) is 0 Å². The molecule has 14 heavy (non-hydrogen) atoms. The van der Waals surface area contributed by atoms with Crippen LogP contribution in [0.25, 0.3) is 5.65 Å². The number of hydrogen-bond acceptors (Lipinski definition) is 1. The predicted octanol–water partition coefficient (Wildman–Crippen LogP) is 3.31. The Balaban J connectivity index is 0.000000293. The standard InChI is InChI=1S/C9H10N2.C3H8/c1-2-8-3-5-11-6-4-10-9(11)7-8;1-3-2/h3-7H,2H2,1H3;3H2,1-2H3. The quantitative estimate of drug-likeness (QED) is 0.674. The van der Waals surface area contributed by atoms with Crippen LogP contribution in [0.2, 0.25) is 0 Å². The van der Waals surface area contributed by atoms with Crippen molar-refractivity contribution in [2.75, 3.05) is 0 Å². The van der Waals surface area contributed by atoms with Crippen molar-refractivity contribution >= 4 is 5.65 Å². The average Bonchev–Trinajstić information content (AvgIpc) is 2.65. The molecule has 0 saturated heterocycles. The lowest BCUT2D eigenvalue weighted by Crippen LogP contribution is -1.85. The van der Waals surface area contributed by atoms with Crippen LogP contribution < -0.4 is 0 Å². The maximum atomic E-state index is 4.19. The molecule has 0 N–H and O–H groups in total. The number of aromatic nitrogens is 2. The van der Waals surface area contributed by atoms with Crippen LogP contribution in [0.5, 0.6) is 0 Å². The minimum absolute atomic E-state index is 1.03. The van der Waals surface area contributed by atoms with E-state index in [0.717, 1.165) is 12.1 Å². The van der Waals surface area contributed by atoms with Crippen molar-refractivity contribution < 1.29 is 0 Å². The van der Waals surface area contributed by atoms with E-state index in [4.69, 9.17) is 0 Å². The van der Waals surface area contributed by atoms with Gasteiger partial charge in [-0.05, 0) is 24.1 Å². The van der Waals surface area contributed by atoms with Crippen LogP contribution in [0, 0.1) is 0 Å². The number of fused-ring (bicyclic) bond motifs is 1. The largest absolute Gasteiger partial charge is 0.307 e. The Morgan fingerprint density at radius 2 is 1.93 bits per heavy atom. The highest BCUT2D eigenvalue weighted by Crippen LogP contribution is 2.05. The van der Waals surface area contributed by atoms with E-state index in [-0.39, 0.29) is 0 Å². The van der Waals surface area contributed by atoms with E-state index in [1.165, 1.54) is 12.0 Å². The van der Waals surface area contributed by atoms with Crippen LogP contribution in [-0.2, 0) is 6.42 Å². The minimum atomic E-state index is 1.03. The monoisotopic (exact) mass is 190 g/mol. The summed E-state index contributed by atoms with van der Waals surface area (Å²) in [5.74, 6) is 0. The molecule has 0 aliphatic heterocycles. The van der Waals surface area contributed by atoms with Crippen LogP contribution in [-0.4, -0.2) is 9.38 Å². The number of hydrogen-bond donors (Lipinski definition) is 0. The summed E-state index contributed by atoms with van der Waals surface area (Å²) in [4.78, 5) is 4.19. The summed E-state index contributed by atoms with van der Waals surface area (Å²) in [6, 6.07) is 4.23. The maximum Gasteiger partial charge on any atom is 0.136 e. The first kappa shape index (κ1) is 10.8. The normalized spacial score (nSPS) is 9.64. The molecule has 0 atom stereocenters. The molecular weight excluding hydrogens is 172 g/mol. The molecule has 2 aromatic heterocycles. The van der Waals surface area contributed by atoms with Crippen molar-refractivity contribution in [3.63, 3.8) is 0 Å². The second kappa shape index (κ2) is 5.43. The molecule has 2 heteroatoms. The summed E-state index contributed by atoms with van der Waals surface area (Å²) in [5.41, 5.74) is 2.37. The summed E-state index contributed by atoms with van der Waals surface area (Å²) in [5, 5.41) is 0. The van der Waals surface area contributed by atoms with Crippen molar-refractivity contribution in [1.29, 1.82) is 0 Å². The van der Waals surface area contributed by atoms with Crippen molar-refractivity contribution in [1.82, 2.24) is 9.38 Å². The Morgan fingerprint density at radius 3 is 2.57 bits per heavy atom. The van der Waals surface area contributed by atoms with Gasteiger partial charge in [0.25, 0.3) is 0 Å². The topological polar surface area (TPSA) is 17.3 Å². The lowest BCUT2D eigenvalue weighted by Gasteiger charge is -1.96. The van der Waals surface area contributed by atoms with Crippen LogP contribution >= 0.6 is 0 Å². The number of pyridine rings is 1. The predicted molar refractivity (Wildman–Crippen MR) is 60.5 cm³/mol. The third-order valence-electron chi connectivity index (χ3n) is 1.87. The number of aryl methyl sites for hydroxylation is 1. The highest BCUT2D eigenvalue weighted by Gasteiger charge is 1.93. The van der Waals surface area contributed by atoms with Gasteiger partial charge < -0.3 is 4.40 Å². The fourth-order valence-electron chi connectivity index (χ4n) is 1.17. The first-order valence-corrected chi connectivity index (χ1v) is 5.23. The fraction of sp³-hybridized carbons (Fsp3) is 0.417. The molecule has 0 aliphatic rings. The van der Waals surface area contributed by atoms with Gasteiger partial charge in [-0.2, -0.15) is 0 Å². The minimum Gasteiger partial charge on any atom is -0.307 e. The van der Waals surface area contributed by atoms with Gasteiger partial charge in [0.15, 0.2) is 0 Å². The SMILES string of the molecule is CCC.CCc1ccn2ccnc2c1. The number of rotatable bonds is 1. The van der Waals surface area contributed by atoms with Gasteiger partial charge in [-0.3, -0.25) is 0 Å². The molecule has 2 nitrogen and oxygen atoms in total. The Hall–Kier alpha value is -1.31. The molecule has 76 valence electrons. The van der Waals surface area contributed by atoms with Gasteiger partial charge in [0.2, 0.25) is 0 Å². The van der Waals surface area contributed by atoms with Crippen LogP contribution in [0.4, 0.5) is 0 Å². The summed E-state index contributed by atoms with van der Waals surface area (Å²) in [6.45, 7) is 6.40. The van der Waals surface area contributed by atoms with Gasteiger partial charge in [-0.25, -0.2) is 4.98 Å². The van der Waals surface area contributed by atoms with E-state index in [9.17, 15) is 0 Å². The lowest BCUT2D eigenvalue weighted by molar-refractivity contribution is 1.09. The molecule has 0 spiro atoms. The van der Waals surface area contributed by atoms with Gasteiger partial charge in [0.1, 0.15) is 5.65 Å². The van der Waals surface area contributed by atoms with E-state index in [2.05, 4.69) is 37.9 Å². The molecule has 0 aromatic carbocycles. The zero-order valence-corrected chi connectivity index (χ0v) is 9.20. The van der Waals surface area contributed by atoms with E-state index in [0.29, 0.717) is 0 Å². The molecular formula is C12H18N2. The van der Waals surface area contributed by atoms with E-state index >= 15 is 0 Å². The molecule has 0 fully saturated rings. The summed E-state index contributed by atoms with van der Waals surface area (Å²) >= 11 is 0. The highest BCUT2D eigenvalue weighted by atomic mass is 15.0. The second-order valence-electron chi connectivity index (χ2n) is 3.29. The molecule has 2 rings (SSSR count). The summed E-state index contributed by atoms with van der Waals surface area (Å²) < 4.78 is 2.01. The van der Waals surface area contributed by atoms with Gasteiger partial charge in [-0.15, -0.1) is 0 Å². The molecule has 2 heterocycles. The summed E-state index contributed by atoms with van der Waals surface area (Å²) in [7, 11) is 0. The number of imidazole rings is 1. The first-order chi connectivity index (χ1) is 6.81. The molecule has 0 aliphatic carbocycles. The Bertz CT molecular complexity index is 376. The summed E-state index contributed by atoms with van der Waals surface area (Å²) in [6.07, 6.45) is 8.13. The Morgan fingerprint density at radius 1 is 1.21 bits per heavy atom. The van der Waals surface area contributed by atoms with Crippen LogP contribution in [0.1, 0.15) is 32.8 Å². The Kier molecular flexibility index (Phi) is 4.17. The van der Waals surface area contributed by atoms with Crippen LogP contribution in [0.3, 0.4) is 0 Å². The molecule has 0 radical (unpaired) electrons. The molecule has 0 saturated carbocycles. The zero-order valence-electron chi connectivity index (χ0n) is 9.20. The smallest absolute Gasteiger partial charge is 0.136 e. The molecule has 0 bridgehead atoms. The van der Waals surface area contributed by atoms with E-state index < -0.39 is 0 Å². The number of nitrogens with zero attached hydrogens (tertiary/aromatic N) is 2. The van der Waals surface area contributed by atoms with E-state index in [1.807, 2.05) is 23.0 Å². The third-order valence-corrected chi connectivity index (χ3v) is 1.87. The van der Waals surface area contributed by atoms with E-state index in [1.54, 1.807) is 0 Å². The van der Waals surface area contributed by atoms with Gasteiger partial charge in [0, 0.05) is 18.6 Å². The first-order valence-electron chi connectivity index (χ1n) is 5.23. The highest BCUT2D eigenvalue weighted by molar-refractivity contribution is 5.40. The fourth-order valence-corrected chi connectivity index (χ4v) is 1.17. The zero-order chi connectivity index (χ0) is 10.4. The van der Waals surface area contributed by atoms with Crippen molar-refractivity contribution in [3.8, 4) is 0 Å². The Labute approximate surface area is 85.6 Å².